The van der Waals surface area contributed by atoms with Crippen molar-refractivity contribution in [1.29, 1.82) is 5.26 Å². The molecule has 0 radical (unpaired) electrons. The maximum atomic E-state index is 8.74. The summed E-state index contributed by atoms with van der Waals surface area (Å²) in [6, 6.07) is 5.46. The monoisotopic (exact) mass is 203 g/mol. The van der Waals surface area contributed by atoms with Crippen molar-refractivity contribution in [2.75, 3.05) is 14.2 Å². The fourth-order valence-electron chi connectivity index (χ4n) is 1.43. The molecular weight excluding hydrogens is 194 g/mol. The number of nitrogens with one attached hydrogen (secondary N) is 1. The molecule has 0 unspecified atom stereocenters. The van der Waals surface area contributed by atoms with Crippen LogP contribution in [0.5, 0.6) is 11.5 Å². The van der Waals surface area contributed by atoms with Gasteiger partial charge in [-0.1, -0.05) is 0 Å². The lowest BCUT2D eigenvalue weighted by Crippen LogP contribution is -1.88. The first-order chi connectivity index (χ1) is 7.30. The summed E-state index contributed by atoms with van der Waals surface area (Å²) in [7, 11) is 3.12. The molecule has 0 spiro atoms. The number of ether oxygens (including phenoxy) is 2. The van der Waals surface area contributed by atoms with E-state index in [1.165, 1.54) is 0 Å². The van der Waals surface area contributed by atoms with E-state index in [2.05, 4.69) is 9.97 Å². The first-order valence-corrected chi connectivity index (χ1v) is 4.31. The predicted molar refractivity (Wildman–Crippen MR) is 53.9 cm³/mol. The number of nitriles is 1. The first kappa shape index (κ1) is 9.34. The van der Waals surface area contributed by atoms with Crippen LogP contribution in [-0.2, 0) is 0 Å². The summed E-state index contributed by atoms with van der Waals surface area (Å²) in [4.78, 5) is 6.95. The van der Waals surface area contributed by atoms with E-state index in [4.69, 9.17) is 14.7 Å². The molecule has 0 atom stereocenters. The van der Waals surface area contributed by atoms with Crippen LogP contribution >= 0.6 is 0 Å². The van der Waals surface area contributed by atoms with Gasteiger partial charge >= 0.3 is 0 Å². The standard InChI is InChI=1S/C10H9N3O2/c1-14-6-3-4-7(15-2)10-9(6)12-8(5-11)13-10/h3-4H,1-2H3,(H,12,13). The average Bonchev–Trinajstić information content (AvgIpc) is 2.71. The Kier molecular flexibility index (Phi) is 2.18. The maximum absolute atomic E-state index is 8.74. The number of fused-ring (bicyclic) bond motifs is 1. The molecule has 76 valence electrons. The molecule has 2 aromatic rings. The van der Waals surface area contributed by atoms with E-state index < -0.39 is 0 Å². The second-order valence-corrected chi connectivity index (χ2v) is 2.89. The van der Waals surface area contributed by atoms with Gasteiger partial charge in [0.15, 0.2) is 0 Å². The van der Waals surface area contributed by atoms with Crippen molar-refractivity contribution in [3.05, 3.63) is 18.0 Å². The molecule has 0 saturated heterocycles. The molecular formula is C10H9N3O2. The SMILES string of the molecule is COc1ccc(OC)c2[nH]c(C#N)nc12. The van der Waals surface area contributed by atoms with Crippen molar-refractivity contribution < 1.29 is 9.47 Å². The van der Waals surface area contributed by atoms with Crippen LogP contribution in [0.25, 0.3) is 11.0 Å². The molecule has 0 amide bonds. The molecule has 0 aliphatic heterocycles. The van der Waals surface area contributed by atoms with Gasteiger partial charge in [0.1, 0.15) is 28.6 Å². The minimum absolute atomic E-state index is 0.243. The normalized spacial score (nSPS) is 9.93. The molecule has 5 nitrogen and oxygen atoms in total. The third kappa shape index (κ3) is 1.36. The fourth-order valence-corrected chi connectivity index (χ4v) is 1.43. The minimum atomic E-state index is 0.243. The first-order valence-electron chi connectivity index (χ1n) is 4.31. The van der Waals surface area contributed by atoms with E-state index in [-0.39, 0.29) is 5.82 Å². The summed E-state index contributed by atoms with van der Waals surface area (Å²) in [6.07, 6.45) is 0. The molecule has 0 saturated carbocycles. The van der Waals surface area contributed by atoms with E-state index in [1.807, 2.05) is 6.07 Å². The molecule has 0 fully saturated rings. The molecule has 1 aromatic heterocycles. The second kappa shape index (κ2) is 3.50. The topological polar surface area (TPSA) is 70.9 Å². The van der Waals surface area contributed by atoms with Crippen LogP contribution < -0.4 is 9.47 Å². The van der Waals surface area contributed by atoms with Crippen molar-refractivity contribution >= 4 is 11.0 Å². The molecule has 0 aliphatic carbocycles. The highest BCUT2D eigenvalue weighted by molar-refractivity contribution is 5.87. The number of imidazole rings is 1. The predicted octanol–water partition coefficient (Wildman–Crippen LogP) is 1.45. The zero-order chi connectivity index (χ0) is 10.8. The lowest BCUT2D eigenvalue weighted by Gasteiger charge is -2.03. The molecule has 2 rings (SSSR count). The van der Waals surface area contributed by atoms with Crippen LogP contribution in [0.1, 0.15) is 5.82 Å². The number of benzene rings is 1. The fraction of sp³-hybridized carbons (Fsp3) is 0.200. The van der Waals surface area contributed by atoms with E-state index in [9.17, 15) is 0 Å². The van der Waals surface area contributed by atoms with Crippen LogP contribution in [0.2, 0.25) is 0 Å². The Morgan fingerprint density at radius 3 is 2.53 bits per heavy atom. The van der Waals surface area contributed by atoms with Gasteiger partial charge < -0.3 is 14.5 Å². The van der Waals surface area contributed by atoms with Crippen LogP contribution in [0.3, 0.4) is 0 Å². The zero-order valence-electron chi connectivity index (χ0n) is 8.37. The Morgan fingerprint density at radius 2 is 1.93 bits per heavy atom. The number of rotatable bonds is 2. The molecule has 15 heavy (non-hydrogen) atoms. The number of aromatic nitrogens is 2. The van der Waals surface area contributed by atoms with Crippen molar-refractivity contribution in [2.45, 2.75) is 0 Å². The molecule has 1 aromatic carbocycles. The van der Waals surface area contributed by atoms with Crippen molar-refractivity contribution in [2.24, 2.45) is 0 Å². The highest BCUT2D eigenvalue weighted by atomic mass is 16.5. The van der Waals surface area contributed by atoms with Gasteiger partial charge in [0, 0.05) is 0 Å². The van der Waals surface area contributed by atoms with E-state index >= 15 is 0 Å². The van der Waals surface area contributed by atoms with Gasteiger partial charge in [-0.2, -0.15) is 5.26 Å². The average molecular weight is 203 g/mol. The van der Waals surface area contributed by atoms with Crippen LogP contribution in [0, 0.1) is 11.3 Å². The van der Waals surface area contributed by atoms with E-state index in [0.717, 1.165) is 0 Å². The zero-order valence-corrected chi connectivity index (χ0v) is 8.37. The summed E-state index contributed by atoms with van der Waals surface area (Å²) < 4.78 is 10.3. The summed E-state index contributed by atoms with van der Waals surface area (Å²) >= 11 is 0. The van der Waals surface area contributed by atoms with Crippen LogP contribution in [-0.4, -0.2) is 24.2 Å². The number of nitrogens with zero attached hydrogens (tertiary/aromatic N) is 2. The van der Waals surface area contributed by atoms with Gasteiger partial charge in [0.05, 0.1) is 14.2 Å². The van der Waals surface area contributed by atoms with Gasteiger partial charge in [0.2, 0.25) is 5.82 Å². The van der Waals surface area contributed by atoms with Crippen molar-refractivity contribution in [3.8, 4) is 17.6 Å². The Hall–Kier alpha value is -2.22. The Morgan fingerprint density at radius 1 is 1.27 bits per heavy atom. The third-order valence-electron chi connectivity index (χ3n) is 2.12. The largest absolute Gasteiger partial charge is 0.494 e. The van der Waals surface area contributed by atoms with Crippen LogP contribution in [0.15, 0.2) is 12.1 Å². The number of hydrogen-bond acceptors (Lipinski definition) is 4. The number of hydrogen-bond donors (Lipinski definition) is 1. The van der Waals surface area contributed by atoms with Gasteiger partial charge in [-0.3, -0.25) is 0 Å². The van der Waals surface area contributed by atoms with Crippen LogP contribution in [0.4, 0.5) is 0 Å². The van der Waals surface area contributed by atoms with Crippen molar-refractivity contribution in [1.82, 2.24) is 9.97 Å². The Labute approximate surface area is 86.3 Å². The van der Waals surface area contributed by atoms with E-state index in [1.54, 1.807) is 26.4 Å². The molecule has 5 heteroatoms. The Balaban J connectivity index is 2.78. The summed E-state index contributed by atoms with van der Waals surface area (Å²) in [5.41, 5.74) is 1.28. The highest BCUT2D eigenvalue weighted by Crippen LogP contribution is 2.30. The lowest BCUT2D eigenvalue weighted by molar-refractivity contribution is 0.409. The van der Waals surface area contributed by atoms with Gasteiger partial charge in [0.25, 0.3) is 0 Å². The smallest absolute Gasteiger partial charge is 0.211 e. The molecule has 1 heterocycles. The minimum Gasteiger partial charge on any atom is -0.494 e. The molecule has 0 bridgehead atoms. The van der Waals surface area contributed by atoms with Gasteiger partial charge in [-0.15, -0.1) is 0 Å². The summed E-state index contributed by atoms with van der Waals surface area (Å²) in [5, 5.41) is 8.74. The van der Waals surface area contributed by atoms with Gasteiger partial charge in [-0.05, 0) is 12.1 Å². The summed E-state index contributed by atoms with van der Waals surface area (Å²) in [5.74, 6) is 1.50. The maximum Gasteiger partial charge on any atom is 0.211 e. The van der Waals surface area contributed by atoms with Crippen molar-refractivity contribution in [3.63, 3.8) is 0 Å². The number of H-pyrrole nitrogens is 1. The highest BCUT2D eigenvalue weighted by Gasteiger charge is 2.11. The summed E-state index contributed by atoms with van der Waals surface area (Å²) in [6.45, 7) is 0. The van der Waals surface area contributed by atoms with Gasteiger partial charge in [-0.25, -0.2) is 4.98 Å². The molecule has 0 aliphatic rings. The quantitative estimate of drug-likeness (QED) is 0.801. The number of methoxy groups -OCH3 is 2. The lowest BCUT2D eigenvalue weighted by atomic mass is 10.2. The van der Waals surface area contributed by atoms with E-state index in [0.29, 0.717) is 22.5 Å². The second-order valence-electron chi connectivity index (χ2n) is 2.89. The Bertz CT molecular complexity index is 498. The third-order valence-corrected chi connectivity index (χ3v) is 2.12. The molecule has 1 N–H and O–H groups in total. The number of aromatic amines is 1.